The number of benzene rings is 2. The first-order valence-corrected chi connectivity index (χ1v) is 7.05. The number of phenolic OH excluding ortho intramolecular Hbond substituents is 1. The summed E-state index contributed by atoms with van der Waals surface area (Å²) < 4.78 is 6.71. The van der Waals surface area contributed by atoms with Crippen molar-refractivity contribution in [3.8, 4) is 11.5 Å². The van der Waals surface area contributed by atoms with E-state index in [2.05, 4.69) is 22.9 Å². The lowest BCUT2D eigenvalue weighted by Gasteiger charge is -2.09. The van der Waals surface area contributed by atoms with Crippen molar-refractivity contribution in [3.63, 3.8) is 0 Å². The number of unbranched alkanes of at least 4 members (excludes halogenated alkanes) is 2. The largest absolute Gasteiger partial charge is 0.508 e. The summed E-state index contributed by atoms with van der Waals surface area (Å²) in [6.07, 6.45) is 3.45. The maximum Gasteiger partial charge on any atom is 0.134 e. The van der Waals surface area contributed by atoms with Crippen LogP contribution in [0.1, 0.15) is 26.2 Å². The van der Waals surface area contributed by atoms with Gasteiger partial charge in [-0.25, -0.2) is 0 Å². The Labute approximate surface area is 116 Å². The monoisotopic (exact) mass is 308 g/mol. The Morgan fingerprint density at radius 1 is 1.11 bits per heavy atom. The molecule has 0 aromatic heterocycles. The number of phenols is 1. The van der Waals surface area contributed by atoms with Gasteiger partial charge < -0.3 is 9.84 Å². The highest BCUT2D eigenvalue weighted by Crippen LogP contribution is 2.32. The molecule has 0 amide bonds. The van der Waals surface area contributed by atoms with Gasteiger partial charge in [-0.3, -0.25) is 0 Å². The standard InChI is InChI=1S/C15H17BrO2/c1-2-3-4-7-18-15-10-12-8-13(17)6-5-11(12)9-14(15)16/h5-6,8-10,17H,2-4,7H2,1H3. The molecular formula is C15H17BrO2. The fourth-order valence-electron chi connectivity index (χ4n) is 1.88. The zero-order chi connectivity index (χ0) is 13.0. The molecule has 18 heavy (non-hydrogen) atoms. The third kappa shape index (κ3) is 3.16. The van der Waals surface area contributed by atoms with Gasteiger partial charge in [0, 0.05) is 0 Å². The summed E-state index contributed by atoms with van der Waals surface area (Å²) in [4.78, 5) is 0. The molecule has 0 spiro atoms. The van der Waals surface area contributed by atoms with E-state index in [-0.39, 0.29) is 5.75 Å². The van der Waals surface area contributed by atoms with Gasteiger partial charge in [0.1, 0.15) is 11.5 Å². The second-order valence-corrected chi connectivity index (χ2v) is 5.22. The van der Waals surface area contributed by atoms with Crippen LogP contribution in [0.5, 0.6) is 11.5 Å². The summed E-state index contributed by atoms with van der Waals surface area (Å²) in [7, 11) is 0. The second-order valence-electron chi connectivity index (χ2n) is 4.37. The third-order valence-electron chi connectivity index (χ3n) is 2.88. The van der Waals surface area contributed by atoms with E-state index in [4.69, 9.17) is 4.74 Å². The van der Waals surface area contributed by atoms with Crippen LogP contribution in [0, 0.1) is 0 Å². The van der Waals surface area contributed by atoms with E-state index in [1.165, 1.54) is 12.8 Å². The van der Waals surface area contributed by atoms with E-state index in [0.717, 1.165) is 34.0 Å². The first-order chi connectivity index (χ1) is 8.70. The van der Waals surface area contributed by atoms with E-state index in [1.807, 2.05) is 18.2 Å². The highest BCUT2D eigenvalue weighted by atomic mass is 79.9. The highest BCUT2D eigenvalue weighted by Gasteiger charge is 2.04. The molecule has 0 atom stereocenters. The average Bonchev–Trinajstić information content (AvgIpc) is 2.35. The highest BCUT2D eigenvalue weighted by molar-refractivity contribution is 9.10. The van der Waals surface area contributed by atoms with Crippen LogP contribution in [0.4, 0.5) is 0 Å². The summed E-state index contributed by atoms with van der Waals surface area (Å²) in [6.45, 7) is 2.91. The molecule has 0 aliphatic carbocycles. The molecule has 2 aromatic rings. The van der Waals surface area contributed by atoms with Gasteiger partial charge in [-0.2, -0.15) is 0 Å². The van der Waals surface area contributed by atoms with Crippen LogP contribution >= 0.6 is 15.9 Å². The fourth-order valence-corrected chi connectivity index (χ4v) is 2.36. The van der Waals surface area contributed by atoms with Crippen LogP contribution in [0.3, 0.4) is 0 Å². The molecular weight excluding hydrogens is 292 g/mol. The van der Waals surface area contributed by atoms with E-state index in [1.54, 1.807) is 12.1 Å². The number of ether oxygens (including phenoxy) is 1. The third-order valence-corrected chi connectivity index (χ3v) is 3.50. The molecule has 0 saturated heterocycles. The van der Waals surface area contributed by atoms with Gasteiger partial charge in [0.2, 0.25) is 0 Å². The number of fused-ring (bicyclic) bond motifs is 1. The van der Waals surface area contributed by atoms with Crippen LogP contribution in [-0.4, -0.2) is 11.7 Å². The molecule has 3 heteroatoms. The maximum absolute atomic E-state index is 9.48. The predicted molar refractivity (Wildman–Crippen MR) is 78.3 cm³/mol. The number of hydrogen-bond donors (Lipinski definition) is 1. The predicted octanol–water partition coefficient (Wildman–Crippen LogP) is 4.88. The Morgan fingerprint density at radius 3 is 2.72 bits per heavy atom. The number of aromatic hydroxyl groups is 1. The SMILES string of the molecule is CCCCCOc1cc2cc(O)ccc2cc1Br. The van der Waals surface area contributed by atoms with Crippen molar-refractivity contribution in [2.75, 3.05) is 6.61 Å². The molecule has 0 radical (unpaired) electrons. The van der Waals surface area contributed by atoms with Gasteiger partial charge in [0.15, 0.2) is 0 Å². The summed E-state index contributed by atoms with van der Waals surface area (Å²) >= 11 is 3.52. The molecule has 0 aliphatic rings. The summed E-state index contributed by atoms with van der Waals surface area (Å²) in [6, 6.07) is 9.32. The summed E-state index contributed by atoms with van der Waals surface area (Å²) in [5.41, 5.74) is 0. The smallest absolute Gasteiger partial charge is 0.134 e. The quantitative estimate of drug-likeness (QED) is 0.798. The molecule has 0 saturated carbocycles. The normalized spacial score (nSPS) is 10.8. The topological polar surface area (TPSA) is 29.5 Å². The first-order valence-electron chi connectivity index (χ1n) is 6.26. The van der Waals surface area contributed by atoms with Crippen molar-refractivity contribution in [2.24, 2.45) is 0 Å². The number of rotatable bonds is 5. The molecule has 0 aliphatic heterocycles. The number of halogens is 1. The van der Waals surface area contributed by atoms with Gasteiger partial charge in [0.25, 0.3) is 0 Å². The van der Waals surface area contributed by atoms with Gasteiger partial charge in [-0.05, 0) is 57.4 Å². The van der Waals surface area contributed by atoms with Crippen LogP contribution in [0.2, 0.25) is 0 Å². The van der Waals surface area contributed by atoms with Crippen molar-refractivity contribution in [3.05, 3.63) is 34.8 Å². The van der Waals surface area contributed by atoms with Crippen molar-refractivity contribution in [2.45, 2.75) is 26.2 Å². The van der Waals surface area contributed by atoms with Gasteiger partial charge in [-0.15, -0.1) is 0 Å². The lowest BCUT2D eigenvalue weighted by Crippen LogP contribution is -1.97. The zero-order valence-electron chi connectivity index (χ0n) is 10.4. The minimum Gasteiger partial charge on any atom is -0.508 e. The Morgan fingerprint density at radius 2 is 1.94 bits per heavy atom. The van der Waals surface area contributed by atoms with Crippen molar-refractivity contribution < 1.29 is 9.84 Å². The molecule has 1 N–H and O–H groups in total. The van der Waals surface area contributed by atoms with Crippen LogP contribution in [-0.2, 0) is 0 Å². The molecule has 96 valence electrons. The molecule has 0 unspecified atom stereocenters. The molecule has 2 rings (SSSR count). The van der Waals surface area contributed by atoms with E-state index in [0.29, 0.717) is 0 Å². The lowest BCUT2D eigenvalue weighted by atomic mass is 10.1. The summed E-state index contributed by atoms with van der Waals surface area (Å²) in [5.74, 6) is 1.12. The van der Waals surface area contributed by atoms with Crippen LogP contribution in [0.15, 0.2) is 34.8 Å². The molecule has 2 aromatic carbocycles. The molecule has 2 nitrogen and oxygen atoms in total. The van der Waals surface area contributed by atoms with Crippen LogP contribution < -0.4 is 4.74 Å². The summed E-state index contributed by atoms with van der Waals surface area (Å²) in [5, 5.41) is 11.6. The fraction of sp³-hybridized carbons (Fsp3) is 0.333. The Balaban J connectivity index is 2.19. The van der Waals surface area contributed by atoms with E-state index in [9.17, 15) is 5.11 Å². The minimum absolute atomic E-state index is 0.279. The molecule has 0 heterocycles. The number of hydrogen-bond acceptors (Lipinski definition) is 2. The second kappa shape index (κ2) is 6.10. The minimum atomic E-state index is 0.279. The van der Waals surface area contributed by atoms with Crippen molar-refractivity contribution in [1.82, 2.24) is 0 Å². The zero-order valence-corrected chi connectivity index (χ0v) is 12.0. The van der Waals surface area contributed by atoms with Gasteiger partial charge >= 0.3 is 0 Å². The first kappa shape index (κ1) is 13.2. The van der Waals surface area contributed by atoms with Crippen molar-refractivity contribution >= 4 is 26.7 Å². The molecule has 0 fully saturated rings. The average molecular weight is 309 g/mol. The van der Waals surface area contributed by atoms with E-state index < -0.39 is 0 Å². The Kier molecular flexibility index (Phi) is 4.48. The Bertz CT molecular complexity index is 537. The van der Waals surface area contributed by atoms with Crippen LogP contribution in [0.25, 0.3) is 10.8 Å². The maximum atomic E-state index is 9.48. The van der Waals surface area contributed by atoms with Crippen molar-refractivity contribution in [1.29, 1.82) is 0 Å². The molecule has 0 bridgehead atoms. The van der Waals surface area contributed by atoms with E-state index >= 15 is 0 Å². The van der Waals surface area contributed by atoms with Gasteiger partial charge in [0.05, 0.1) is 11.1 Å². The van der Waals surface area contributed by atoms with Gasteiger partial charge in [-0.1, -0.05) is 25.8 Å². The Hall–Kier alpha value is -1.22. The lowest BCUT2D eigenvalue weighted by molar-refractivity contribution is 0.305.